The number of ether oxygens (including phenoxy) is 1. The first-order chi connectivity index (χ1) is 32.7. The van der Waals surface area contributed by atoms with Crippen LogP contribution in [0.3, 0.4) is 0 Å². The lowest BCUT2D eigenvalue weighted by molar-refractivity contribution is -0.142. The minimum Gasteiger partial charge on any atom is -0.454 e. The molecule has 0 spiro atoms. The molecule has 3 aromatic carbocycles. The third-order valence-electron chi connectivity index (χ3n) is 12.7. The van der Waals surface area contributed by atoms with Gasteiger partial charge in [0, 0.05) is 40.7 Å². The van der Waals surface area contributed by atoms with Crippen molar-refractivity contribution in [3.05, 3.63) is 146 Å². The van der Waals surface area contributed by atoms with E-state index in [0.29, 0.717) is 48.4 Å². The molecule has 0 radical (unpaired) electrons. The highest BCUT2D eigenvalue weighted by molar-refractivity contribution is 7.15. The lowest BCUT2D eigenvalue weighted by Gasteiger charge is -2.30. The largest absolute Gasteiger partial charge is 0.454 e. The van der Waals surface area contributed by atoms with Gasteiger partial charge in [0.05, 0.1) is 40.6 Å². The Morgan fingerprint density at radius 3 is 2.26 bits per heavy atom. The number of aromatic nitrogens is 6. The van der Waals surface area contributed by atoms with Crippen molar-refractivity contribution in [1.29, 1.82) is 0 Å². The first-order valence-electron chi connectivity index (χ1n) is 22.7. The summed E-state index contributed by atoms with van der Waals surface area (Å²) in [5.74, 6) is 1.94. The van der Waals surface area contributed by atoms with Gasteiger partial charge in [-0.3, -0.25) is 28.6 Å². The molecule has 2 aliphatic heterocycles. The molecule has 6 heterocycles. The molecule has 7 aromatic rings. The van der Waals surface area contributed by atoms with Gasteiger partial charge in [0.2, 0.25) is 17.7 Å². The first-order valence-corrected chi connectivity index (χ1v) is 24.8. The molecule has 0 saturated carbocycles. The second-order valence-electron chi connectivity index (χ2n) is 18.0. The smallest absolute Gasteiger partial charge is 0.248 e. The number of hydrogen-bond acceptors (Lipinski definition) is 11. The molecule has 68 heavy (non-hydrogen) atoms. The molecule has 4 atom stereocenters. The summed E-state index contributed by atoms with van der Waals surface area (Å²) in [4.78, 5) is 55.2. The number of benzene rings is 3. The highest BCUT2D eigenvalue weighted by Gasteiger charge is 2.42. The van der Waals surface area contributed by atoms with Crippen LogP contribution in [-0.2, 0) is 27.5 Å². The molecule has 4 aromatic heterocycles. The second-order valence-corrected chi connectivity index (χ2v) is 20.5. The maximum atomic E-state index is 14.3. The zero-order valence-corrected chi connectivity index (χ0v) is 41.4. The molecule has 3 amide bonds. The number of aliphatic imine (C=N–C) groups is 1. The summed E-state index contributed by atoms with van der Waals surface area (Å²) in [6.07, 6.45) is 3.97. The van der Waals surface area contributed by atoms with E-state index in [1.807, 2.05) is 111 Å². The summed E-state index contributed by atoms with van der Waals surface area (Å²) in [6.45, 7) is 15.3. The van der Waals surface area contributed by atoms with Crippen LogP contribution in [0.15, 0.2) is 95.7 Å². The number of rotatable bonds is 14. The number of nitrogens with zero attached hydrogens (tertiary/aromatic N) is 8. The molecule has 14 nitrogen and oxygen atoms in total. The number of amides is 3. The van der Waals surface area contributed by atoms with Crippen molar-refractivity contribution in [3.8, 4) is 26.9 Å². The monoisotopic (exact) mass is 968 g/mol. The Hall–Kier alpha value is -6.49. The van der Waals surface area contributed by atoms with E-state index in [4.69, 9.17) is 21.3 Å². The van der Waals surface area contributed by atoms with E-state index in [9.17, 15) is 14.4 Å². The van der Waals surface area contributed by atoms with E-state index in [1.165, 1.54) is 4.88 Å². The molecular formula is C51H53ClN10O4S2. The number of halogens is 1. The van der Waals surface area contributed by atoms with Gasteiger partial charge in [0.25, 0.3) is 0 Å². The average Bonchev–Trinajstić information content (AvgIpc) is 4.16. The summed E-state index contributed by atoms with van der Waals surface area (Å²) < 4.78 is 9.87. The van der Waals surface area contributed by atoms with E-state index in [-0.39, 0.29) is 36.0 Å². The van der Waals surface area contributed by atoms with Crippen LogP contribution in [-0.4, -0.2) is 70.4 Å². The lowest BCUT2D eigenvalue weighted by Crippen LogP contribution is -2.48. The zero-order chi connectivity index (χ0) is 47.8. The minimum absolute atomic E-state index is 0.0714. The summed E-state index contributed by atoms with van der Waals surface area (Å²) in [7, 11) is 0. The van der Waals surface area contributed by atoms with Gasteiger partial charge in [-0.25, -0.2) is 4.98 Å². The Balaban J connectivity index is 0.818. The van der Waals surface area contributed by atoms with Crippen LogP contribution < -0.4 is 15.4 Å². The van der Waals surface area contributed by atoms with Crippen LogP contribution in [0.5, 0.6) is 11.5 Å². The summed E-state index contributed by atoms with van der Waals surface area (Å²) in [5, 5.41) is 21.3. The van der Waals surface area contributed by atoms with E-state index >= 15 is 0 Å². The Labute approximate surface area is 408 Å². The molecule has 2 N–H and O–H groups in total. The number of carbonyl (C=O) groups excluding carboxylic acids is 3. The highest BCUT2D eigenvalue weighted by Crippen LogP contribution is 2.40. The van der Waals surface area contributed by atoms with Crippen LogP contribution in [0, 0.1) is 39.5 Å². The molecule has 350 valence electrons. The van der Waals surface area contributed by atoms with Gasteiger partial charge in [-0.15, -0.1) is 32.9 Å². The molecule has 1 saturated heterocycles. The minimum atomic E-state index is -0.643. The molecule has 0 aliphatic carbocycles. The van der Waals surface area contributed by atoms with Gasteiger partial charge in [-0.2, -0.15) is 5.10 Å². The van der Waals surface area contributed by atoms with Gasteiger partial charge >= 0.3 is 0 Å². The number of likely N-dealkylation sites (tertiary alicyclic amines) is 1. The van der Waals surface area contributed by atoms with Crippen LogP contribution in [0.2, 0.25) is 5.02 Å². The number of nitrogens with one attached hydrogen (secondary N) is 2. The molecule has 1 fully saturated rings. The topological polar surface area (TPSA) is 162 Å². The van der Waals surface area contributed by atoms with Crippen LogP contribution in [0.25, 0.3) is 15.4 Å². The van der Waals surface area contributed by atoms with Crippen molar-refractivity contribution in [2.45, 2.75) is 92.5 Å². The Bertz CT molecular complexity index is 3010. The predicted molar refractivity (Wildman–Crippen MR) is 266 cm³/mol. The number of hydrogen-bond donors (Lipinski definition) is 2. The molecule has 0 bridgehead atoms. The van der Waals surface area contributed by atoms with Gasteiger partial charge < -0.3 is 20.3 Å². The number of carbonyl (C=O) groups is 3. The molecule has 0 unspecified atom stereocenters. The van der Waals surface area contributed by atoms with E-state index in [2.05, 4.69) is 51.7 Å². The molecule has 17 heteroatoms. The highest BCUT2D eigenvalue weighted by atomic mass is 35.5. The van der Waals surface area contributed by atoms with Crippen molar-refractivity contribution in [3.63, 3.8) is 0 Å². The van der Waals surface area contributed by atoms with Gasteiger partial charge in [-0.1, -0.05) is 80.9 Å². The van der Waals surface area contributed by atoms with Crippen molar-refractivity contribution in [1.82, 2.24) is 45.1 Å². The maximum Gasteiger partial charge on any atom is 0.248 e. The van der Waals surface area contributed by atoms with Crippen molar-refractivity contribution in [2.75, 3.05) is 6.54 Å². The third-order valence-corrected chi connectivity index (χ3v) is 15.1. The standard InChI is InChI=1S/C51H53ClN10O4S2/c1-28(2)46(50(65)60-25-29(3)20-42(60)49(64)54-23-34-8-12-37(13-9-34)47-31(5)55-27-67-47)61-26-40(24-56-61)66-39-18-10-35(11-19-39)22-53-43(63)21-41-48-59-58-33(7)62(48)51-44(30(4)32(6)68-51)45(57-41)36-14-16-38(52)17-15-36/h8-19,24,26-29,41-42,46H,20-23,25H2,1-7H3,(H,53,63)(H,54,64)/t29-,41+,42+,46+/m1/s1. The SMILES string of the molecule is Cc1ncsc1-c1ccc(CNC(=O)[C@@H]2C[C@@H](C)CN2C(=O)[C@H](C(C)C)n2cc(Oc3ccc(CNC(=O)C[C@@H]4N=C(c5ccc(Cl)cc5)c5c(sc(C)c5C)-n5c(C)nnc54)cc3)cn2)cc1. The number of aryl methyl sites for hydroxylation is 3. The molecular weight excluding hydrogens is 916 g/mol. The fourth-order valence-electron chi connectivity index (χ4n) is 8.99. The van der Waals surface area contributed by atoms with E-state index < -0.39 is 18.1 Å². The maximum absolute atomic E-state index is 14.3. The molecule has 2 aliphatic rings. The number of thiophene rings is 1. The van der Waals surface area contributed by atoms with Gasteiger partial charge in [-0.05, 0) is 92.5 Å². The summed E-state index contributed by atoms with van der Waals surface area (Å²) >= 11 is 9.54. The third kappa shape index (κ3) is 9.62. The van der Waals surface area contributed by atoms with Crippen LogP contribution in [0.4, 0.5) is 0 Å². The predicted octanol–water partition coefficient (Wildman–Crippen LogP) is 9.68. The van der Waals surface area contributed by atoms with Crippen molar-refractivity contribution in [2.24, 2.45) is 16.8 Å². The number of thiazole rings is 1. The normalized spacial score (nSPS) is 17.0. The Morgan fingerprint density at radius 2 is 1.57 bits per heavy atom. The Morgan fingerprint density at radius 1 is 0.882 bits per heavy atom. The average molecular weight is 970 g/mol. The lowest BCUT2D eigenvalue weighted by atomic mass is 9.99. The van der Waals surface area contributed by atoms with Crippen LogP contribution in [0.1, 0.15) is 95.7 Å². The van der Waals surface area contributed by atoms with Crippen molar-refractivity contribution >= 4 is 57.7 Å². The summed E-state index contributed by atoms with van der Waals surface area (Å²) in [5.41, 5.74) is 9.62. The Kier molecular flexibility index (Phi) is 13.4. The van der Waals surface area contributed by atoms with Gasteiger partial charge in [0.15, 0.2) is 11.6 Å². The van der Waals surface area contributed by atoms with Crippen LogP contribution >= 0.6 is 34.3 Å². The zero-order valence-electron chi connectivity index (χ0n) is 39.0. The fraction of sp³-hybridized carbons (Fsp3) is 0.333. The van der Waals surface area contributed by atoms with E-state index in [0.717, 1.165) is 60.5 Å². The van der Waals surface area contributed by atoms with E-state index in [1.54, 1.807) is 44.6 Å². The van der Waals surface area contributed by atoms with Gasteiger partial charge in [0.1, 0.15) is 34.7 Å². The first kappa shape index (κ1) is 46.6. The number of fused-ring (bicyclic) bond motifs is 3. The van der Waals surface area contributed by atoms with Crippen molar-refractivity contribution < 1.29 is 19.1 Å². The quantitative estimate of drug-likeness (QED) is 0.109. The summed E-state index contributed by atoms with van der Waals surface area (Å²) in [6, 6.07) is 21.4. The second kappa shape index (κ2) is 19.6. The fourth-order valence-corrected chi connectivity index (χ4v) is 11.1. The molecule has 9 rings (SSSR count).